The van der Waals surface area contributed by atoms with Crippen LogP contribution in [0.1, 0.15) is 39.7 Å². The minimum absolute atomic E-state index is 0.0183. The quantitative estimate of drug-likeness (QED) is 0.573. The van der Waals surface area contributed by atoms with E-state index in [1.165, 1.54) is 16.8 Å². The number of hydrogen-bond acceptors (Lipinski definition) is 7. The van der Waals surface area contributed by atoms with Crippen LogP contribution in [0, 0.1) is 11.7 Å². The van der Waals surface area contributed by atoms with Crippen molar-refractivity contribution in [1.82, 2.24) is 9.88 Å². The molecule has 3 heterocycles. The van der Waals surface area contributed by atoms with Gasteiger partial charge in [-0.2, -0.15) is 0 Å². The van der Waals surface area contributed by atoms with E-state index < -0.39 is 52.7 Å². The van der Waals surface area contributed by atoms with Gasteiger partial charge >= 0.3 is 12.2 Å². The molecular weight excluding hydrogens is 492 g/mol. The Morgan fingerprint density at radius 1 is 1.32 bits per heavy atom. The molecule has 3 fully saturated rings. The van der Waals surface area contributed by atoms with Gasteiger partial charge in [-0.25, -0.2) is 18.4 Å². The monoisotopic (exact) mass is 521 g/mol. The molecule has 1 aliphatic carbocycles. The summed E-state index contributed by atoms with van der Waals surface area (Å²) in [5.74, 6) is -1.18. The number of hydrogen-bond donors (Lipinski definition) is 2. The van der Waals surface area contributed by atoms with E-state index in [9.17, 15) is 18.8 Å². The van der Waals surface area contributed by atoms with Gasteiger partial charge in [0.25, 0.3) is 0 Å². The van der Waals surface area contributed by atoms with Crippen LogP contribution in [0.2, 0.25) is 0 Å². The van der Waals surface area contributed by atoms with E-state index in [1.54, 1.807) is 25.7 Å². The number of aromatic nitrogens is 1. The minimum Gasteiger partial charge on any atom is -0.449 e. The number of pyridine rings is 1. The third-order valence-corrected chi connectivity index (χ3v) is 7.07. The number of halogens is 2. The number of carboxylic acid groups (broad SMARTS) is 1. The van der Waals surface area contributed by atoms with E-state index in [4.69, 9.17) is 14.6 Å². The molecule has 2 aliphatic heterocycles. The SMILES string of the molecule is CC(C)(C)OC(=O)NCC12CN(c3cc4c(cc3F)c(=O)c(OC(=O)O)cn4[C@@H]3C[C@@H]3F)CC1CCO2. The number of amides is 1. The first-order valence-electron chi connectivity index (χ1n) is 12.2. The Morgan fingerprint density at radius 2 is 2.05 bits per heavy atom. The summed E-state index contributed by atoms with van der Waals surface area (Å²) in [5.41, 5.74) is -1.70. The van der Waals surface area contributed by atoms with Crippen molar-refractivity contribution >= 4 is 28.8 Å². The summed E-state index contributed by atoms with van der Waals surface area (Å²) < 4.78 is 46.9. The molecule has 10 nitrogen and oxygen atoms in total. The number of rotatable bonds is 5. The predicted octanol–water partition coefficient (Wildman–Crippen LogP) is 3.60. The van der Waals surface area contributed by atoms with E-state index in [2.05, 4.69) is 10.1 Å². The van der Waals surface area contributed by atoms with Crippen molar-refractivity contribution in [3.8, 4) is 5.75 Å². The molecule has 2 aromatic rings. The number of carbonyl (C=O) groups is 2. The number of benzene rings is 1. The average molecular weight is 522 g/mol. The number of alkyl halides is 1. The van der Waals surface area contributed by atoms with Crippen LogP contribution in [0.3, 0.4) is 0 Å². The third kappa shape index (κ3) is 4.81. The molecule has 2 saturated heterocycles. The highest BCUT2D eigenvalue weighted by atomic mass is 19.1. The van der Waals surface area contributed by atoms with Crippen LogP contribution in [-0.2, 0) is 9.47 Å². The summed E-state index contributed by atoms with van der Waals surface area (Å²) >= 11 is 0. The van der Waals surface area contributed by atoms with Crippen molar-refractivity contribution in [3.63, 3.8) is 0 Å². The molecule has 2 N–H and O–H groups in total. The van der Waals surface area contributed by atoms with Gasteiger partial charge in [0.2, 0.25) is 5.43 Å². The second kappa shape index (κ2) is 8.86. The molecule has 1 amide bonds. The number of ether oxygens (including phenoxy) is 3. The summed E-state index contributed by atoms with van der Waals surface area (Å²) in [6.45, 7) is 6.74. The van der Waals surface area contributed by atoms with Gasteiger partial charge in [0.1, 0.15) is 23.2 Å². The van der Waals surface area contributed by atoms with Gasteiger partial charge in [-0.3, -0.25) is 4.79 Å². The molecule has 200 valence electrons. The van der Waals surface area contributed by atoms with E-state index in [0.717, 1.165) is 12.5 Å². The number of fused-ring (bicyclic) bond motifs is 2. The number of carbonyl (C=O) groups excluding carboxylic acids is 1. The summed E-state index contributed by atoms with van der Waals surface area (Å²) in [6, 6.07) is 1.91. The van der Waals surface area contributed by atoms with Gasteiger partial charge in [-0.15, -0.1) is 0 Å². The maximum absolute atomic E-state index is 15.4. The Hall–Kier alpha value is -3.41. The van der Waals surface area contributed by atoms with Crippen molar-refractivity contribution in [3.05, 3.63) is 34.4 Å². The number of nitrogens with one attached hydrogen (secondary N) is 1. The number of anilines is 1. The Balaban J connectivity index is 1.46. The molecule has 3 aliphatic rings. The lowest BCUT2D eigenvalue weighted by Crippen LogP contribution is -2.49. The summed E-state index contributed by atoms with van der Waals surface area (Å²) in [4.78, 5) is 37.9. The Kier molecular flexibility index (Phi) is 6.05. The maximum Gasteiger partial charge on any atom is 0.511 e. The molecule has 0 bridgehead atoms. The van der Waals surface area contributed by atoms with Gasteiger partial charge < -0.3 is 34.1 Å². The second-order valence-corrected chi connectivity index (χ2v) is 10.9. The smallest absolute Gasteiger partial charge is 0.449 e. The molecule has 37 heavy (non-hydrogen) atoms. The second-order valence-electron chi connectivity index (χ2n) is 10.9. The first-order chi connectivity index (χ1) is 17.4. The van der Waals surface area contributed by atoms with E-state index in [-0.39, 0.29) is 42.0 Å². The lowest BCUT2D eigenvalue weighted by atomic mass is 9.91. The first-order valence-corrected chi connectivity index (χ1v) is 12.2. The van der Waals surface area contributed by atoms with Gasteiger partial charge in [0, 0.05) is 32.0 Å². The van der Waals surface area contributed by atoms with Gasteiger partial charge in [-0.05, 0) is 39.3 Å². The molecule has 2 unspecified atom stereocenters. The van der Waals surface area contributed by atoms with Gasteiger partial charge in [-0.1, -0.05) is 0 Å². The molecule has 1 saturated carbocycles. The van der Waals surface area contributed by atoms with Crippen LogP contribution in [0.4, 0.5) is 24.1 Å². The molecule has 0 spiro atoms. The third-order valence-electron chi connectivity index (χ3n) is 7.07. The van der Waals surface area contributed by atoms with Gasteiger partial charge in [0.05, 0.1) is 35.4 Å². The Morgan fingerprint density at radius 3 is 2.70 bits per heavy atom. The molecule has 1 aromatic heterocycles. The van der Waals surface area contributed by atoms with Crippen LogP contribution in [0.25, 0.3) is 10.9 Å². The Labute approximate surface area is 211 Å². The fourth-order valence-electron chi connectivity index (χ4n) is 5.30. The zero-order valence-electron chi connectivity index (χ0n) is 20.8. The maximum atomic E-state index is 15.4. The van der Waals surface area contributed by atoms with Crippen LogP contribution in [-0.4, -0.2) is 65.5 Å². The van der Waals surface area contributed by atoms with Crippen LogP contribution in [0.5, 0.6) is 5.75 Å². The summed E-state index contributed by atoms with van der Waals surface area (Å²) in [6.07, 6.45) is -1.34. The van der Waals surface area contributed by atoms with Gasteiger partial charge in [0.15, 0.2) is 5.75 Å². The van der Waals surface area contributed by atoms with E-state index >= 15 is 4.39 Å². The topological polar surface area (TPSA) is 119 Å². The van der Waals surface area contributed by atoms with Crippen molar-refractivity contribution in [1.29, 1.82) is 0 Å². The fraction of sp³-hybridized carbons (Fsp3) is 0.560. The zero-order valence-corrected chi connectivity index (χ0v) is 20.8. The van der Waals surface area contributed by atoms with Crippen LogP contribution >= 0.6 is 0 Å². The number of alkyl carbamates (subject to hydrolysis) is 1. The highest BCUT2D eigenvalue weighted by Gasteiger charge is 2.52. The zero-order chi connectivity index (χ0) is 26.7. The van der Waals surface area contributed by atoms with E-state index in [0.29, 0.717) is 13.2 Å². The molecule has 0 radical (unpaired) electrons. The lowest BCUT2D eigenvalue weighted by molar-refractivity contribution is -0.000269. The number of nitrogens with zero attached hydrogens (tertiary/aromatic N) is 2. The van der Waals surface area contributed by atoms with Crippen LogP contribution < -0.4 is 20.4 Å². The largest absolute Gasteiger partial charge is 0.511 e. The molecule has 4 atom stereocenters. The van der Waals surface area contributed by atoms with Crippen molar-refractivity contribution in [2.45, 2.75) is 57.0 Å². The highest BCUT2D eigenvalue weighted by molar-refractivity contribution is 5.85. The molecule has 12 heteroatoms. The Bertz CT molecular complexity index is 1320. The average Bonchev–Trinajstić information content (AvgIpc) is 3.22. The molecular formula is C25H29F2N3O7. The normalized spacial score (nSPS) is 26.7. The predicted molar refractivity (Wildman–Crippen MR) is 129 cm³/mol. The minimum atomic E-state index is -1.69. The van der Waals surface area contributed by atoms with Crippen molar-refractivity contribution < 1.29 is 37.7 Å². The molecule has 5 rings (SSSR count). The fourth-order valence-corrected chi connectivity index (χ4v) is 5.30. The first kappa shape index (κ1) is 25.2. The van der Waals surface area contributed by atoms with E-state index in [1.807, 2.05) is 0 Å². The lowest BCUT2D eigenvalue weighted by Gasteiger charge is -2.29. The van der Waals surface area contributed by atoms with Crippen molar-refractivity contribution in [2.24, 2.45) is 5.92 Å². The standard InChI is InChI=1S/C25H29F2N3O7/c1-24(2,3)37-22(32)28-11-25-12-29(9-13(25)4-5-35-25)18-8-17-14(6-15(18)26)21(31)20(36-23(33)34)10-30(17)19-7-16(19)27/h6,8,10,13,16,19H,4-5,7,9,11-12H2,1-3H3,(H,28,32)(H,33,34)/t13?,16-,19+,25?/m0/s1. The van der Waals surface area contributed by atoms with Crippen LogP contribution in [0.15, 0.2) is 23.1 Å². The van der Waals surface area contributed by atoms with Crippen molar-refractivity contribution in [2.75, 3.05) is 31.1 Å². The summed E-state index contributed by atoms with van der Waals surface area (Å²) in [5, 5.41) is 11.6. The molecule has 1 aromatic carbocycles. The summed E-state index contributed by atoms with van der Waals surface area (Å²) in [7, 11) is 0. The highest BCUT2D eigenvalue weighted by Crippen LogP contribution is 2.44.